The molecule has 0 saturated heterocycles. The monoisotopic (exact) mass is 270 g/mol. The SMILES string of the molecule is CCCCOc1cc(CC(=O)OCC)ccc1Cl. The second-order valence-corrected chi connectivity index (χ2v) is 4.36. The smallest absolute Gasteiger partial charge is 0.310 e. The van der Waals surface area contributed by atoms with E-state index in [1.165, 1.54) is 0 Å². The van der Waals surface area contributed by atoms with Crippen LogP contribution in [0.2, 0.25) is 5.02 Å². The average Bonchev–Trinajstić information content (AvgIpc) is 2.34. The Labute approximate surface area is 113 Å². The average molecular weight is 271 g/mol. The van der Waals surface area contributed by atoms with Crippen LogP contribution in [0.5, 0.6) is 5.75 Å². The molecule has 0 spiro atoms. The molecule has 0 fully saturated rings. The lowest BCUT2D eigenvalue weighted by Gasteiger charge is -2.09. The quantitative estimate of drug-likeness (QED) is 0.561. The van der Waals surface area contributed by atoms with Gasteiger partial charge in [-0.3, -0.25) is 4.79 Å². The lowest BCUT2D eigenvalue weighted by atomic mass is 10.1. The van der Waals surface area contributed by atoms with Crippen molar-refractivity contribution in [1.82, 2.24) is 0 Å². The molecule has 0 N–H and O–H groups in total. The molecule has 0 radical (unpaired) electrons. The fraction of sp³-hybridized carbons (Fsp3) is 0.500. The van der Waals surface area contributed by atoms with Crippen molar-refractivity contribution in [2.24, 2.45) is 0 Å². The van der Waals surface area contributed by atoms with Crippen LogP contribution in [0.3, 0.4) is 0 Å². The molecule has 100 valence electrons. The van der Waals surface area contributed by atoms with Crippen LogP contribution < -0.4 is 4.74 Å². The van der Waals surface area contributed by atoms with E-state index >= 15 is 0 Å². The van der Waals surface area contributed by atoms with Gasteiger partial charge in [0.1, 0.15) is 5.75 Å². The van der Waals surface area contributed by atoms with Gasteiger partial charge in [-0.15, -0.1) is 0 Å². The molecule has 1 aromatic rings. The molecule has 18 heavy (non-hydrogen) atoms. The molecule has 0 amide bonds. The van der Waals surface area contributed by atoms with Crippen LogP contribution in [0, 0.1) is 0 Å². The molecule has 3 nitrogen and oxygen atoms in total. The van der Waals surface area contributed by atoms with E-state index in [0.717, 1.165) is 18.4 Å². The summed E-state index contributed by atoms with van der Waals surface area (Å²) in [7, 11) is 0. The highest BCUT2D eigenvalue weighted by molar-refractivity contribution is 6.32. The van der Waals surface area contributed by atoms with Crippen molar-refractivity contribution in [2.75, 3.05) is 13.2 Å². The molecule has 0 bridgehead atoms. The maximum absolute atomic E-state index is 11.4. The van der Waals surface area contributed by atoms with E-state index in [2.05, 4.69) is 6.92 Å². The summed E-state index contributed by atoms with van der Waals surface area (Å²) in [5.74, 6) is 0.395. The molecule has 4 heteroatoms. The number of rotatable bonds is 7. The van der Waals surface area contributed by atoms with E-state index in [4.69, 9.17) is 21.1 Å². The van der Waals surface area contributed by atoms with Crippen molar-refractivity contribution in [3.63, 3.8) is 0 Å². The van der Waals surface area contributed by atoms with Crippen LogP contribution >= 0.6 is 11.6 Å². The van der Waals surface area contributed by atoms with Gasteiger partial charge in [-0.1, -0.05) is 31.0 Å². The molecule has 1 rings (SSSR count). The van der Waals surface area contributed by atoms with Gasteiger partial charge in [0.15, 0.2) is 0 Å². The fourth-order valence-electron chi connectivity index (χ4n) is 1.47. The number of halogens is 1. The predicted octanol–water partition coefficient (Wildman–Crippen LogP) is 3.62. The van der Waals surface area contributed by atoms with Gasteiger partial charge in [0, 0.05) is 0 Å². The van der Waals surface area contributed by atoms with E-state index in [1.54, 1.807) is 19.1 Å². The highest BCUT2D eigenvalue weighted by Gasteiger charge is 2.08. The topological polar surface area (TPSA) is 35.5 Å². The number of ether oxygens (including phenoxy) is 2. The molecule has 0 aliphatic rings. The van der Waals surface area contributed by atoms with Crippen LogP contribution in [-0.2, 0) is 16.0 Å². The summed E-state index contributed by atoms with van der Waals surface area (Å²) in [5.41, 5.74) is 0.851. The Morgan fingerprint density at radius 1 is 1.33 bits per heavy atom. The summed E-state index contributed by atoms with van der Waals surface area (Å²) in [6, 6.07) is 5.36. The second-order valence-electron chi connectivity index (χ2n) is 3.95. The summed E-state index contributed by atoms with van der Waals surface area (Å²) < 4.78 is 10.5. The number of unbranched alkanes of at least 4 members (excludes halogenated alkanes) is 1. The van der Waals surface area contributed by atoms with E-state index in [-0.39, 0.29) is 12.4 Å². The zero-order valence-electron chi connectivity index (χ0n) is 10.9. The van der Waals surface area contributed by atoms with Crippen molar-refractivity contribution >= 4 is 17.6 Å². The third-order valence-electron chi connectivity index (χ3n) is 2.40. The maximum Gasteiger partial charge on any atom is 0.310 e. The summed E-state index contributed by atoms with van der Waals surface area (Å²) in [5, 5.41) is 0.568. The minimum atomic E-state index is -0.237. The Kier molecular flexibility index (Phi) is 6.58. The van der Waals surface area contributed by atoms with Crippen LogP contribution in [0.15, 0.2) is 18.2 Å². The Hall–Kier alpha value is -1.22. The highest BCUT2D eigenvalue weighted by atomic mass is 35.5. The molecular weight excluding hydrogens is 252 g/mol. The molecule has 0 saturated carbocycles. The van der Waals surface area contributed by atoms with E-state index in [9.17, 15) is 4.79 Å². The van der Waals surface area contributed by atoms with Gasteiger partial charge >= 0.3 is 5.97 Å². The van der Waals surface area contributed by atoms with Crippen LogP contribution in [0.25, 0.3) is 0 Å². The number of hydrogen-bond donors (Lipinski definition) is 0. The summed E-state index contributed by atoms with van der Waals surface area (Å²) in [6.45, 7) is 4.92. The number of carbonyl (C=O) groups is 1. The molecule has 0 unspecified atom stereocenters. The van der Waals surface area contributed by atoms with Gasteiger partial charge in [-0.05, 0) is 31.0 Å². The zero-order chi connectivity index (χ0) is 13.4. The Balaban J connectivity index is 2.64. The van der Waals surface area contributed by atoms with Gasteiger partial charge < -0.3 is 9.47 Å². The van der Waals surface area contributed by atoms with Crippen molar-refractivity contribution < 1.29 is 14.3 Å². The lowest BCUT2D eigenvalue weighted by Crippen LogP contribution is -2.07. The number of hydrogen-bond acceptors (Lipinski definition) is 3. The van der Waals surface area contributed by atoms with Gasteiger partial charge in [0.05, 0.1) is 24.7 Å². The normalized spacial score (nSPS) is 10.2. The van der Waals surface area contributed by atoms with E-state index < -0.39 is 0 Å². The fourth-order valence-corrected chi connectivity index (χ4v) is 1.65. The van der Waals surface area contributed by atoms with Gasteiger partial charge in [-0.2, -0.15) is 0 Å². The summed E-state index contributed by atoms with van der Waals surface area (Å²) in [4.78, 5) is 11.4. The third kappa shape index (κ3) is 4.96. The van der Waals surface area contributed by atoms with E-state index in [1.807, 2.05) is 6.07 Å². The Morgan fingerprint density at radius 3 is 2.78 bits per heavy atom. The molecule has 0 aliphatic heterocycles. The minimum absolute atomic E-state index is 0.237. The maximum atomic E-state index is 11.4. The first-order valence-corrected chi connectivity index (χ1v) is 6.62. The van der Waals surface area contributed by atoms with Crippen LogP contribution in [0.4, 0.5) is 0 Å². The molecule has 0 heterocycles. The Morgan fingerprint density at radius 2 is 2.11 bits per heavy atom. The molecule has 0 aromatic heterocycles. The number of esters is 1. The highest BCUT2D eigenvalue weighted by Crippen LogP contribution is 2.26. The molecule has 0 atom stereocenters. The summed E-state index contributed by atoms with van der Waals surface area (Å²) >= 11 is 6.03. The van der Waals surface area contributed by atoms with Gasteiger partial charge in [0.2, 0.25) is 0 Å². The standard InChI is InChI=1S/C14H19ClO3/c1-3-5-8-18-13-9-11(6-7-12(13)15)10-14(16)17-4-2/h6-7,9H,3-5,8,10H2,1-2H3. The van der Waals surface area contributed by atoms with Gasteiger partial charge in [0.25, 0.3) is 0 Å². The number of carbonyl (C=O) groups excluding carboxylic acids is 1. The van der Waals surface area contributed by atoms with Crippen molar-refractivity contribution in [2.45, 2.75) is 33.1 Å². The predicted molar refractivity (Wildman–Crippen MR) is 72.2 cm³/mol. The molecular formula is C14H19ClO3. The first-order chi connectivity index (χ1) is 8.67. The van der Waals surface area contributed by atoms with Crippen LogP contribution in [-0.4, -0.2) is 19.2 Å². The summed E-state index contributed by atoms with van der Waals surface area (Å²) in [6.07, 6.45) is 2.30. The third-order valence-corrected chi connectivity index (χ3v) is 2.72. The lowest BCUT2D eigenvalue weighted by molar-refractivity contribution is -0.142. The van der Waals surface area contributed by atoms with Crippen LogP contribution in [0.1, 0.15) is 32.3 Å². The number of benzene rings is 1. The van der Waals surface area contributed by atoms with Gasteiger partial charge in [-0.25, -0.2) is 0 Å². The largest absolute Gasteiger partial charge is 0.492 e. The van der Waals surface area contributed by atoms with Crippen molar-refractivity contribution in [1.29, 1.82) is 0 Å². The van der Waals surface area contributed by atoms with Crippen molar-refractivity contribution in [3.05, 3.63) is 28.8 Å². The molecule has 1 aromatic carbocycles. The zero-order valence-corrected chi connectivity index (χ0v) is 11.6. The van der Waals surface area contributed by atoms with Crippen molar-refractivity contribution in [3.8, 4) is 5.75 Å². The second kappa shape index (κ2) is 7.98. The minimum Gasteiger partial charge on any atom is -0.492 e. The molecule has 0 aliphatic carbocycles. The Bertz CT molecular complexity index is 391. The first-order valence-electron chi connectivity index (χ1n) is 6.24. The first kappa shape index (κ1) is 14.8. The van der Waals surface area contributed by atoms with E-state index in [0.29, 0.717) is 24.0 Å².